The molecule has 26 heavy (non-hydrogen) atoms. The second kappa shape index (κ2) is 7.79. The van der Waals surface area contributed by atoms with Crippen molar-refractivity contribution in [2.24, 2.45) is 5.92 Å². The molecule has 0 unspecified atom stereocenters. The van der Waals surface area contributed by atoms with E-state index in [0.29, 0.717) is 25.5 Å². The number of halogens is 1. The van der Waals surface area contributed by atoms with E-state index in [0.717, 1.165) is 27.3 Å². The van der Waals surface area contributed by atoms with Crippen molar-refractivity contribution in [3.63, 3.8) is 0 Å². The van der Waals surface area contributed by atoms with Crippen LogP contribution in [0.4, 0.5) is 0 Å². The van der Waals surface area contributed by atoms with Gasteiger partial charge in [0, 0.05) is 22.4 Å². The minimum absolute atomic E-state index is 0.252. The van der Waals surface area contributed by atoms with Gasteiger partial charge in [-0.05, 0) is 36.3 Å². The largest absolute Gasteiger partial charge is 0.493 e. The lowest BCUT2D eigenvalue weighted by molar-refractivity contribution is 0.0697. The van der Waals surface area contributed by atoms with Gasteiger partial charge in [0.15, 0.2) is 0 Å². The minimum atomic E-state index is -0.945. The van der Waals surface area contributed by atoms with E-state index in [9.17, 15) is 4.79 Å². The maximum atomic E-state index is 11.1. The topological polar surface area (TPSA) is 64.4 Å². The van der Waals surface area contributed by atoms with Gasteiger partial charge in [-0.1, -0.05) is 31.5 Å². The zero-order valence-electron chi connectivity index (χ0n) is 14.8. The highest BCUT2D eigenvalue weighted by molar-refractivity contribution is 6.29. The molecule has 6 heteroatoms. The van der Waals surface area contributed by atoms with E-state index in [1.807, 2.05) is 16.8 Å². The van der Waals surface area contributed by atoms with Crippen LogP contribution in [0.3, 0.4) is 0 Å². The number of aromatic nitrogens is 2. The number of hydrogen-bond acceptors (Lipinski definition) is 3. The first kappa shape index (κ1) is 18.3. The number of carbonyl (C=O) groups is 1. The molecule has 3 rings (SSSR count). The van der Waals surface area contributed by atoms with Crippen LogP contribution < -0.4 is 0 Å². The first-order chi connectivity index (χ1) is 12.4. The molecule has 0 aliphatic heterocycles. The number of carboxylic acid groups (broad SMARTS) is 1. The molecular weight excluding hydrogens is 352 g/mol. The molecule has 5 nitrogen and oxygen atoms in total. The van der Waals surface area contributed by atoms with E-state index >= 15 is 0 Å². The number of hydrogen-bond donors (Lipinski definition) is 1. The summed E-state index contributed by atoms with van der Waals surface area (Å²) in [6, 6.07) is 5.01. The second-order valence-corrected chi connectivity index (χ2v) is 7.15. The zero-order chi connectivity index (χ0) is 18.7. The van der Waals surface area contributed by atoms with E-state index in [1.54, 1.807) is 24.4 Å². The fourth-order valence-electron chi connectivity index (χ4n) is 2.71. The molecule has 1 aliphatic rings. The summed E-state index contributed by atoms with van der Waals surface area (Å²) in [5.74, 6) is 0.263. The van der Waals surface area contributed by atoms with Crippen LogP contribution in [0.25, 0.3) is 10.9 Å². The number of fused-ring (bicyclic) bond motifs is 1. The molecule has 0 fully saturated rings. The van der Waals surface area contributed by atoms with E-state index in [1.165, 1.54) is 0 Å². The molecule has 0 spiro atoms. The predicted molar refractivity (Wildman–Crippen MR) is 102 cm³/mol. The van der Waals surface area contributed by atoms with Gasteiger partial charge < -0.3 is 9.84 Å². The number of allylic oxidation sites excluding steroid dienone is 5. The fraction of sp³-hybridized carbons (Fsp3) is 0.300. The Morgan fingerprint density at radius 1 is 1.38 bits per heavy atom. The van der Waals surface area contributed by atoms with Gasteiger partial charge in [-0.15, -0.1) is 0 Å². The van der Waals surface area contributed by atoms with Crippen molar-refractivity contribution < 1.29 is 14.6 Å². The Kier molecular flexibility index (Phi) is 5.47. The molecule has 1 heterocycles. The molecule has 0 saturated carbocycles. The minimum Gasteiger partial charge on any atom is -0.493 e. The van der Waals surface area contributed by atoms with Crippen LogP contribution in [0.2, 0.25) is 0 Å². The molecule has 0 amide bonds. The summed E-state index contributed by atoms with van der Waals surface area (Å²) in [5, 5.41) is 15.1. The number of carboxylic acids is 1. The summed E-state index contributed by atoms with van der Waals surface area (Å²) in [6.07, 6.45) is 8.14. The average molecular weight is 373 g/mol. The van der Waals surface area contributed by atoms with Crippen LogP contribution in [-0.2, 0) is 11.3 Å². The van der Waals surface area contributed by atoms with Gasteiger partial charge in [0.2, 0.25) is 0 Å². The molecule has 1 aromatic heterocycles. The summed E-state index contributed by atoms with van der Waals surface area (Å²) in [6.45, 7) is 5.35. The van der Waals surface area contributed by atoms with Crippen molar-refractivity contribution in [1.29, 1.82) is 0 Å². The highest BCUT2D eigenvalue weighted by Gasteiger charge is 2.14. The molecule has 136 valence electrons. The third kappa shape index (κ3) is 4.17. The lowest BCUT2D eigenvalue weighted by Gasteiger charge is -2.15. The van der Waals surface area contributed by atoms with Crippen molar-refractivity contribution in [3.05, 3.63) is 64.6 Å². The monoisotopic (exact) mass is 372 g/mol. The summed E-state index contributed by atoms with van der Waals surface area (Å²) in [7, 11) is 0. The maximum Gasteiger partial charge on any atom is 0.335 e. The number of benzene rings is 1. The molecular formula is C20H21ClN2O3. The van der Waals surface area contributed by atoms with Crippen LogP contribution in [0.5, 0.6) is 0 Å². The summed E-state index contributed by atoms with van der Waals surface area (Å²) < 4.78 is 7.81. The lowest BCUT2D eigenvalue weighted by atomic mass is 10.1. The van der Waals surface area contributed by atoms with E-state index < -0.39 is 5.97 Å². The normalized spacial score (nSPS) is 14.7. The fourth-order valence-corrected chi connectivity index (χ4v) is 2.85. The van der Waals surface area contributed by atoms with Crippen molar-refractivity contribution in [2.45, 2.75) is 26.8 Å². The summed E-state index contributed by atoms with van der Waals surface area (Å²) >= 11 is 6.18. The quantitative estimate of drug-likeness (QED) is 0.795. The molecule has 0 radical (unpaired) electrons. The van der Waals surface area contributed by atoms with Gasteiger partial charge in [-0.3, -0.25) is 4.68 Å². The SMILES string of the molecule is CC(C)COC1=CC=C(Cl)CC=C1Cn1ncc2cc(C(=O)O)ccc21. The Balaban J connectivity index is 1.88. The molecule has 0 atom stereocenters. The summed E-state index contributed by atoms with van der Waals surface area (Å²) in [4.78, 5) is 11.1. The number of ether oxygens (including phenoxy) is 1. The van der Waals surface area contributed by atoms with E-state index in [-0.39, 0.29) is 5.56 Å². The van der Waals surface area contributed by atoms with Crippen LogP contribution in [0, 0.1) is 5.92 Å². The predicted octanol–water partition coefficient (Wildman–Crippen LogP) is 4.74. The van der Waals surface area contributed by atoms with Gasteiger partial charge in [-0.2, -0.15) is 5.10 Å². The first-order valence-electron chi connectivity index (χ1n) is 8.51. The third-order valence-electron chi connectivity index (χ3n) is 4.06. The second-order valence-electron chi connectivity index (χ2n) is 6.66. The Morgan fingerprint density at radius 2 is 2.19 bits per heavy atom. The number of aromatic carboxylic acids is 1. The van der Waals surface area contributed by atoms with Crippen molar-refractivity contribution in [2.75, 3.05) is 6.61 Å². The summed E-state index contributed by atoms with van der Waals surface area (Å²) in [5.41, 5.74) is 2.13. The smallest absolute Gasteiger partial charge is 0.335 e. The third-order valence-corrected chi connectivity index (χ3v) is 4.34. The molecule has 0 saturated heterocycles. The van der Waals surface area contributed by atoms with E-state index in [2.05, 4.69) is 25.0 Å². The van der Waals surface area contributed by atoms with Gasteiger partial charge >= 0.3 is 5.97 Å². The van der Waals surface area contributed by atoms with Gasteiger partial charge in [0.1, 0.15) is 5.76 Å². The Morgan fingerprint density at radius 3 is 2.92 bits per heavy atom. The lowest BCUT2D eigenvalue weighted by Crippen LogP contribution is -2.09. The maximum absolute atomic E-state index is 11.1. The number of nitrogens with zero attached hydrogens (tertiary/aromatic N) is 2. The molecule has 1 aromatic carbocycles. The molecule has 1 aliphatic carbocycles. The first-order valence-corrected chi connectivity index (χ1v) is 8.89. The molecule has 2 aromatic rings. The molecule has 0 bridgehead atoms. The average Bonchev–Trinajstić information content (AvgIpc) is 2.91. The van der Waals surface area contributed by atoms with Gasteiger partial charge in [0.05, 0.1) is 30.4 Å². The van der Waals surface area contributed by atoms with Crippen LogP contribution >= 0.6 is 11.6 Å². The highest BCUT2D eigenvalue weighted by atomic mass is 35.5. The molecule has 1 N–H and O–H groups in total. The van der Waals surface area contributed by atoms with Crippen LogP contribution in [-0.4, -0.2) is 27.5 Å². The van der Waals surface area contributed by atoms with Crippen LogP contribution in [0.1, 0.15) is 30.6 Å². The standard InChI is InChI=1S/C20H21ClN2O3/c1-13(2)12-26-19-8-6-17(21)5-3-15(19)11-23-18-7-4-14(20(24)25)9-16(18)10-22-23/h3-4,6-10,13H,5,11-12H2,1-2H3,(H,24,25). The van der Waals surface area contributed by atoms with Gasteiger partial charge in [0.25, 0.3) is 0 Å². The van der Waals surface area contributed by atoms with Gasteiger partial charge in [-0.25, -0.2) is 4.79 Å². The Labute approximate surface area is 157 Å². The van der Waals surface area contributed by atoms with Crippen molar-refractivity contribution >= 4 is 28.5 Å². The van der Waals surface area contributed by atoms with E-state index in [4.69, 9.17) is 21.4 Å². The zero-order valence-corrected chi connectivity index (χ0v) is 15.5. The Hall–Kier alpha value is -2.53. The van der Waals surface area contributed by atoms with Crippen molar-refractivity contribution in [1.82, 2.24) is 9.78 Å². The Bertz CT molecular complexity index is 922. The number of rotatable bonds is 6. The van der Waals surface area contributed by atoms with Crippen LogP contribution in [0.15, 0.2) is 59.0 Å². The highest BCUT2D eigenvalue weighted by Crippen LogP contribution is 2.25. The van der Waals surface area contributed by atoms with Crippen molar-refractivity contribution in [3.8, 4) is 0 Å².